The molecule has 0 unspecified atom stereocenters. The summed E-state index contributed by atoms with van der Waals surface area (Å²) < 4.78 is 24.1. The molecule has 1 N–H and O–H groups in total. The lowest BCUT2D eigenvalue weighted by molar-refractivity contribution is 0.102. The van der Waals surface area contributed by atoms with Gasteiger partial charge in [0.2, 0.25) is 5.13 Å². The lowest BCUT2D eigenvalue weighted by Crippen LogP contribution is -2.14. The molecule has 9 heteroatoms. The number of carbonyl (C=O) groups is 1. The SMILES string of the molecule is COc1cccc(OC)c1C(=O)Nc1nnc(SCc2ccc(F)cc2)s1. The molecule has 0 saturated carbocycles. The molecule has 6 nitrogen and oxygen atoms in total. The van der Waals surface area contributed by atoms with Gasteiger partial charge in [-0.1, -0.05) is 41.3 Å². The van der Waals surface area contributed by atoms with Crippen molar-refractivity contribution < 1.29 is 18.7 Å². The van der Waals surface area contributed by atoms with Crippen LogP contribution in [0.1, 0.15) is 15.9 Å². The third-order valence-corrected chi connectivity index (χ3v) is 5.60. The Morgan fingerprint density at radius 2 is 1.78 bits per heavy atom. The van der Waals surface area contributed by atoms with E-state index >= 15 is 0 Å². The van der Waals surface area contributed by atoms with Crippen molar-refractivity contribution in [3.8, 4) is 11.5 Å². The number of ether oxygens (including phenoxy) is 2. The summed E-state index contributed by atoms with van der Waals surface area (Å²) in [5, 5.41) is 11.1. The first-order valence-electron chi connectivity index (χ1n) is 7.84. The van der Waals surface area contributed by atoms with Crippen LogP contribution in [-0.2, 0) is 5.75 Å². The zero-order valence-corrected chi connectivity index (χ0v) is 16.2. The van der Waals surface area contributed by atoms with Crippen LogP contribution in [0.25, 0.3) is 0 Å². The summed E-state index contributed by atoms with van der Waals surface area (Å²) in [5.74, 6) is 0.778. The van der Waals surface area contributed by atoms with Gasteiger partial charge in [0.25, 0.3) is 5.91 Å². The van der Waals surface area contributed by atoms with Crippen molar-refractivity contribution in [2.24, 2.45) is 0 Å². The quantitative estimate of drug-likeness (QED) is 0.468. The number of aromatic nitrogens is 2. The molecule has 0 radical (unpaired) electrons. The standard InChI is InChI=1S/C18H16FN3O3S2/c1-24-13-4-3-5-14(25-2)15(13)16(23)20-17-21-22-18(27-17)26-10-11-6-8-12(19)9-7-11/h3-9H,10H2,1-2H3,(H,20,21,23). The zero-order valence-electron chi connectivity index (χ0n) is 14.6. The van der Waals surface area contributed by atoms with Gasteiger partial charge in [-0.2, -0.15) is 0 Å². The summed E-state index contributed by atoms with van der Waals surface area (Å²) in [4.78, 5) is 12.6. The molecule has 0 spiro atoms. The van der Waals surface area contributed by atoms with Crippen LogP contribution in [0.2, 0.25) is 0 Å². The van der Waals surface area contributed by atoms with Crippen molar-refractivity contribution in [2.45, 2.75) is 10.1 Å². The number of benzene rings is 2. The van der Waals surface area contributed by atoms with Crippen molar-refractivity contribution in [3.63, 3.8) is 0 Å². The smallest absolute Gasteiger partial charge is 0.265 e. The van der Waals surface area contributed by atoms with Crippen molar-refractivity contribution in [1.82, 2.24) is 10.2 Å². The Morgan fingerprint density at radius 3 is 2.41 bits per heavy atom. The minimum Gasteiger partial charge on any atom is -0.496 e. The van der Waals surface area contributed by atoms with Gasteiger partial charge in [0, 0.05) is 5.75 Å². The summed E-state index contributed by atoms with van der Waals surface area (Å²) in [6, 6.07) is 11.4. The molecule has 3 rings (SSSR count). The van der Waals surface area contributed by atoms with Gasteiger partial charge in [0.1, 0.15) is 22.9 Å². The molecule has 2 aromatic carbocycles. The second-order valence-electron chi connectivity index (χ2n) is 5.28. The van der Waals surface area contributed by atoms with Gasteiger partial charge in [-0.3, -0.25) is 10.1 Å². The van der Waals surface area contributed by atoms with E-state index in [-0.39, 0.29) is 5.82 Å². The van der Waals surface area contributed by atoms with E-state index in [4.69, 9.17) is 9.47 Å². The number of nitrogens with zero attached hydrogens (tertiary/aromatic N) is 2. The topological polar surface area (TPSA) is 73.3 Å². The van der Waals surface area contributed by atoms with Crippen LogP contribution in [-0.4, -0.2) is 30.3 Å². The van der Waals surface area contributed by atoms with Crippen LogP contribution in [0.15, 0.2) is 46.8 Å². The first-order valence-corrected chi connectivity index (χ1v) is 9.64. The fraction of sp³-hybridized carbons (Fsp3) is 0.167. The van der Waals surface area contributed by atoms with E-state index in [1.165, 1.54) is 49.5 Å². The van der Waals surface area contributed by atoms with Gasteiger partial charge < -0.3 is 9.47 Å². The minimum absolute atomic E-state index is 0.267. The maximum absolute atomic E-state index is 12.9. The fourth-order valence-corrected chi connectivity index (χ4v) is 3.98. The highest BCUT2D eigenvalue weighted by molar-refractivity contribution is 8.00. The number of carbonyl (C=O) groups excluding carboxylic acids is 1. The lowest BCUT2D eigenvalue weighted by Gasteiger charge is -2.11. The molecule has 0 atom stereocenters. The Morgan fingerprint density at radius 1 is 1.11 bits per heavy atom. The summed E-state index contributed by atoms with van der Waals surface area (Å²) in [6.45, 7) is 0. The van der Waals surface area contributed by atoms with Crippen LogP contribution >= 0.6 is 23.1 Å². The number of rotatable bonds is 7. The van der Waals surface area contributed by atoms with E-state index < -0.39 is 5.91 Å². The van der Waals surface area contributed by atoms with Crippen molar-refractivity contribution in [3.05, 3.63) is 59.4 Å². The molecule has 0 bridgehead atoms. The number of methoxy groups -OCH3 is 2. The molecule has 3 aromatic rings. The first kappa shape index (κ1) is 19.1. The summed E-state index contributed by atoms with van der Waals surface area (Å²) in [6.07, 6.45) is 0. The molecular formula is C18H16FN3O3S2. The van der Waals surface area contributed by atoms with Crippen molar-refractivity contribution >= 4 is 34.1 Å². The lowest BCUT2D eigenvalue weighted by atomic mass is 10.1. The molecule has 0 aliphatic heterocycles. The summed E-state index contributed by atoms with van der Waals surface area (Å²) >= 11 is 2.72. The van der Waals surface area contributed by atoms with E-state index in [1.807, 2.05) is 0 Å². The number of hydrogen-bond acceptors (Lipinski definition) is 7. The van der Waals surface area contributed by atoms with Gasteiger partial charge in [0.05, 0.1) is 14.2 Å². The second kappa shape index (κ2) is 8.83. The van der Waals surface area contributed by atoms with E-state index in [0.717, 1.165) is 5.56 Å². The van der Waals surface area contributed by atoms with Crippen molar-refractivity contribution in [1.29, 1.82) is 0 Å². The van der Waals surface area contributed by atoms with Crippen LogP contribution in [0, 0.1) is 5.82 Å². The summed E-state index contributed by atoms with van der Waals surface area (Å²) in [5.41, 5.74) is 1.26. The van der Waals surface area contributed by atoms with Crippen LogP contribution in [0.3, 0.4) is 0 Å². The molecule has 0 fully saturated rings. The molecule has 1 aromatic heterocycles. The maximum Gasteiger partial charge on any atom is 0.265 e. The monoisotopic (exact) mass is 405 g/mol. The van der Waals surface area contributed by atoms with E-state index in [0.29, 0.717) is 32.3 Å². The number of anilines is 1. The average Bonchev–Trinajstić information content (AvgIpc) is 3.14. The fourth-order valence-electron chi connectivity index (χ4n) is 2.28. The molecule has 0 aliphatic rings. The van der Waals surface area contributed by atoms with Gasteiger partial charge in [-0.05, 0) is 29.8 Å². The van der Waals surface area contributed by atoms with E-state index in [1.54, 1.807) is 30.3 Å². The molecule has 1 amide bonds. The Balaban J connectivity index is 1.67. The van der Waals surface area contributed by atoms with Crippen LogP contribution < -0.4 is 14.8 Å². The van der Waals surface area contributed by atoms with E-state index in [9.17, 15) is 9.18 Å². The molecule has 140 valence electrons. The average molecular weight is 405 g/mol. The highest BCUT2D eigenvalue weighted by atomic mass is 32.2. The molecule has 27 heavy (non-hydrogen) atoms. The molecule has 1 heterocycles. The highest BCUT2D eigenvalue weighted by Gasteiger charge is 2.19. The normalized spacial score (nSPS) is 10.5. The van der Waals surface area contributed by atoms with Gasteiger partial charge in [-0.15, -0.1) is 10.2 Å². The van der Waals surface area contributed by atoms with Crippen molar-refractivity contribution in [2.75, 3.05) is 19.5 Å². The number of amides is 1. The third kappa shape index (κ3) is 4.75. The highest BCUT2D eigenvalue weighted by Crippen LogP contribution is 2.31. The summed E-state index contributed by atoms with van der Waals surface area (Å²) in [7, 11) is 2.97. The Labute approximate surface area is 163 Å². The molecule has 0 saturated heterocycles. The maximum atomic E-state index is 12.9. The minimum atomic E-state index is -0.393. The molecular weight excluding hydrogens is 389 g/mol. The number of halogens is 1. The second-order valence-corrected chi connectivity index (χ2v) is 7.48. The van der Waals surface area contributed by atoms with Gasteiger partial charge >= 0.3 is 0 Å². The largest absolute Gasteiger partial charge is 0.496 e. The number of hydrogen-bond donors (Lipinski definition) is 1. The van der Waals surface area contributed by atoms with E-state index in [2.05, 4.69) is 15.5 Å². The predicted octanol–water partition coefficient (Wildman–Crippen LogP) is 4.24. The van der Waals surface area contributed by atoms with Crippen LogP contribution in [0.5, 0.6) is 11.5 Å². The molecule has 0 aliphatic carbocycles. The Hall–Kier alpha value is -2.65. The Kier molecular flexibility index (Phi) is 6.25. The Bertz CT molecular complexity index is 910. The van der Waals surface area contributed by atoms with Gasteiger partial charge in [-0.25, -0.2) is 4.39 Å². The first-order chi connectivity index (χ1) is 13.1. The third-order valence-electron chi connectivity index (χ3n) is 3.56. The number of thioether (sulfide) groups is 1. The van der Waals surface area contributed by atoms with Crippen LogP contribution in [0.4, 0.5) is 9.52 Å². The van der Waals surface area contributed by atoms with Gasteiger partial charge in [0.15, 0.2) is 4.34 Å². The zero-order chi connectivity index (χ0) is 19.2. The predicted molar refractivity (Wildman–Crippen MR) is 103 cm³/mol. The number of nitrogens with one attached hydrogen (secondary N) is 1.